The number of hydrogen-bond donors (Lipinski definition) is 1. The second-order valence-corrected chi connectivity index (χ2v) is 9.49. The maximum absolute atomic E-state index is 11.0. The fourth-order valence-corrected chi connectivity index (χ4v) is 6.66. The van der Waals surface area contributed by atoms with Gasteiger partial charge in [0.25, 0.3) is 5.79 Å². The van der Waals surface area contributed by atoms with Crippen LogP contribution in [0.4, 0.5) is 0 Å². The van der Waals surface area contributed by atoms with Crippen molar-refractivity contribution >= 4 is 7.82 Å². The molecule has 1 saturated heterocycles. The summed E-state index contributed by atoms with van der Waals surface area (Å²) < 4.78 is 21.3. The number of ether oxygens (including phenoxy) is 1. The molecule has 6 rings (SSSR count). The van der Waals surface area contributed by atoms with E-state index in [-0.39, 0.29) is 76.7 Å². The van der Waals surface area contributed by atoms with E-state index in [0.717, 1.165) is 19.3 Å². The van der Waals surface area contributed by atoms with Gasteiger partial charge in [-0.3, -0.25) is 0 Å². The van der Waals surface area contributed by atoms with Crippen molar-refractivity contribution in [1.29, 1.82) is 0 Å². The van der Waals surface area contributed by atoms with Crippen LogP contribution in [0.1, 0.15) is 37.7 Å². The predicted molar refractivity (Wildman–Crippen MR) is 86.8 cm³/mol. The minimum atomic E-state index is -5.18. The van der Waals surface area contributed by atoms with Gasteiger partial charge in [0.2, 0.25) is 0 Å². The van der Waals surface area contributed by atoms with Crippen molar-refractivity contribution in [3.05, 3.63) is 29.8 Å². The summed E-state index contributed by atoms with van der Waals surface area (Å²) in [6, 6.07) is 6.15. The number of methoxy groups -OCH3 is 1. The molecule has 1 aliphatic heterocycles. The maximum atomic E-state index is 11.0. The largest absolute Gasteiger partial charge is 1.00 e. The quantitative estimate of drug-likeness (QED) is 0.280. The Morgan fingerprint density at radius 2 is 1.79 bits per heavy atom. The van der Waals surface area contributed by atoms with Gasteiger partial charge >= 0.3 is 59.1 Å². The first-order chi connectivity index (χ1) is 12.7. The molecule has 11 heteroatoms. The zero-order valence-electron chi connectivity index (χ0n) is 16.8. The second-order valence-electron chi connectivity index (χ2n) is 8.41. The Morgan fingerprint density at radius 3 is 2.28 bits per heavy atom. The molecule has 4 saturated carbocycles. The average molecular weight is 442 g/mol. The van der Waals surface area contributed by atoms with Gasteiger partial charge in [0, 0.05) is 24.5 Å². The maximum Gasteiger partial charge on any atom is 1.00 e. The zero-order chi connectivity index (χ0) is 19.1. The van der Waals surface area contributed by atoms with E-state index >= 15 is 0 Å². The molecule has 3 unspecified atom stereocenters. The number of hydrogen-bond acceptors (Lipinski definition) is 8. The summed E-state index contributed by atoms with van der Waals surface area (Å²) in [6.07, 6.45) is 3.95. The molecule has 0 amide bonds. The molecule has 4 bridgehead atoms. The van der Waals surface area contributed by atoms with E-state index in [1.807, 2.05) is 0 Å². The molecular formula is C18H21Na2O8P. The van der Waals surface area contributed by atoms with Crippen LogP contribution in [0, 0.1) is 17.8 Å². The topological polar surface area (TPSA) is 120 Å². The van der Waals surface area contributed by atoms with E-state index in [2.05, 4.69) is 4.52 Å². The monoisotopic (exact) mass is 442 g/mol. The number of aliphatic hydroxyl groups is 1. The van der Waals surface area contributed by atoms with E-state index in [9.17, 15) is 19.5 Å². The molecule has 148 valence electrons. The van der Waals surface area contributed by atoms with E-state index in [4.69, 9.17) is 14.5 Å². The van der Waals surface area contributed by atoms with Crippen LogP contribution in [0.15, 0.2) is 24.3 Å². The molecule has 1 N–H and O–H groups in total. The molecule has 1 aromatic rings. The van der Waals surface area contributed by atoms with Crippen LogP contribution in [0.25, 0.3) is 0 Å². The van der Waals surface area contributed by atoms with Gasteiger partial charge in [0.1, 0.15) is 13.6 Å². The third-order valence-electron chi connectivity index (χ3n) is 6.90. The van der Waals surface area contributed by atoms with Crippen LogP contribution in [-0.2, 0) is 24.9 Å². The van der Waals surface area contributed by atoms with Crippen molar-refractivity contribution in [3.8, 4) is 5.75 Å². The van der Waals surface area contributed by atoms with Crippen molar-refractivity contribution in [1.82, 2.24) is 0 Å². The summed E-state index contributed by atoms with van der Waals surface area (Å²) in [4.78, 5) is 33.3. The van der Waals surface area contributed by atoms with Gasteiger partial charge in [-0.15, -0.1) is 0 Å². The van der Waals surface area contributed by atoms with Gasteiger partial charge in [-0.1, -0.05) is 12.1 Å². The number of benzene rings is 1. The Bertz CT molecular complexity index is 812. The van der Waals surface area contributed by atoms with Gasteiger partial charge in [-0.05, 0) is 50.2 Å². The second kappa shape index (κ2) is 8.10. The van der Waals surface area contributed by atoms with E-state index in [1.165, 1.54) is 19.2 Å². The summed E-state index contributed by atoms with van der Waals surface area (Å²) in [5.41, 5.74) is -0.868. The van der Waals surface area contributed by atoms with Gasteiger partial charge in [0.15, 0.2) is 5.60 Å². The molecule has 1 spiro atoms. The first kappa shape index (κ1) is 24.6. The first-order valence-corrected chi connectivity index (χ1v) is 10.6. The predicted octanol–water partition coefficient (Wildman–Crippen LogP) is -5.03. The third-order valence-corrected chi connectivity index (χ3v) is 7.33. The van der Waals surface area contributed by atoms with E-state index in [0.29, 0.717) is 24.3 Å². The van der Waals surface area contributed by atoms with E-state index in [1.54, 1.807) is 12.1 Å². The summed E-state index contributed by atoms with van der Waals surface area (Å²) in [5, 5.41) is 10.9. The van der Waals surface area contributed by atoms with Crippen molar-refractivity contribution in [2.24, 2.45) is 17.8 Å². The fraction of sp³-hybridized carbons (Fsp3) is 0.667. The van der Waals surface area contributed by atoms with Gasteiger partial charge < -0.3 is 28.7 Å². The number of phosphoric acid groups is 1. The summed E-state index contributed by atoms with van der Waals surface area (Å²) in [7, 11) is -3.66. The molecule has 1 aromatic carbocycles. The Labute approximate surface area is 213 Å². The molecule has 29 heavy (non-hydrogen) atoms. The molecule has 1 heterocycles. The minimum Gasteiger partial charge on any atom is -0.780 e. The molecule has 4 aliphatic carbocycles. The SMILES string of the molecule is COC1(c2cccc(OP(=O)([O-])[O-])c2)OOC12C1CC3CC2CC(O)(C3)C1.[Na+].[Na+]. The molecule has 5 fully saturated rings. The Kier molecular flexibility index (Phi) is 6.88. The third kappa shape index (κ3) is 3.66. The normalized spacial score (nSPS) is 42.0. The first-order valence-electron chi connectivity index (χ1n) is 9.16. The van der Waals surface area contributed by atoms with Crippen molar-refractivity contribution < 1.29 is 97.6 Å². The number of phosphoric ester groups is 1. The van der Waals surface area contributed by atoms with Crippen molar-refractivity contribution in [3.63, 3.8) is 0 Å². The summed E-state index contributed by atoms with van der Waals surface area (Å²) in [6.45, 7) is 0. The fourth-order valence-electron chi connectivity index (χ4n) is 6.28. The summed E-state index contributed by atoms with van der Waals surface area (Å²) >= 11 is 0. The van der Waals surface area contributed by atoms with E-state index < -0.39 is 24.8 Å². The zero-order valence-corrected chi connectivity index (χ0v) is 21.7. The van der Waals surface area contributed by atoms with Crippen LogP contribution in [0.5, 0.6) is 5.75 Å². The van der Waals surface area contributed by atoms with Crippen LogP contribution in [0.3, 0.4) is 0 Å². The van der Waals surface area contributed by atoms with Gasteiger partial charge in [-0.25, -0.2) is 4.89 Å². The Morgan fingerprint density at radius 1 is 1.14 bits per heavy atom. The Balaban J connectivity index is 0.00000120. The summed E-state index contributed by atoms with van der Waals surface area (Å²) in [5.74, 6) is -0.723. The standard InChI is InChI=1S/C18H23O8P.2Na/c1-23-18(12-3-2-4-15(7-12)24-27(20,21)22)17(25-26-18)13-5-11-6-14(17)10-16(19,8-11)9-13;;/h2-4,7,11,13-14,19H,5-6,8-10H2,1H3,(H2,20,21,22);;/q;2*+1/p-2. The minimum absolute atomic E-state index is 0. The van der Waals surface area contributed by atoms with Crippen LogP contribution in [-0.4, -0.2) is 23.4 Å². The smallest absolute Gasteiger partial charge is 0.780 e. The van der Waals surface area contributed by atoms with Gasteiger partial charge in [-0.2, -0.15) is 4.89 Å². The van der Waals surface area contributed by atoms with Crippen LogP contribution < -0.4 is 73.4 Å². The molecule has 0 aromatic heterocycles. The molecular weight excluding hydrogens is 421 g/mol. The number of rotatable bonds is 4. The Hall–Kier alpha value is 1.01. The van der Waals surface area contributed by atoms with Crippen LogP contribution in [0.2, 0.25) is 0 Å². The molecule has 0 radical (unpaired) electrons. The molecule has 3 atom stereocenters. The molecule has 8 nitrogen and oxygen atoms in total. The van der Waals surface area contributed by atoms with Gasteiger partial charge in [0.05, 0.1) is 5.60 Å². The van der Waals surface area contributed by atoms with Crippen molar-refractivity contribution in [2.75, 3.05) is 7.11 Å². The average Bonchev–Trinajstić information content (AvgIpc) is 2.52. The van der Waals surface area contributed by atoms with Crippen LogP contribution >= 0.6 is 7.82 Å². The molecule has 5 aliphatic rings. The van der Waals surface area contributed by atoms with Crippen molar-refractivity contribution in [2.45, 2.75) is 49.1 Å².